The minimum absolute atomic E-state index is 0.392. The van der Waals surface area contributed by atoms with Crippen molar-refractivity contribution in [3.8, 4) is 0 Å². The van der Waals surface area contributed by atoms with Gasteiger partial charge in [-0.2, -0.15) is 0 Å². The first kappa shape index (κ1) is 28.7. The molecule has 4 rings (SSSR count). The molecule has 3 aromatic carbocycles. The molecular weight excluding hydrogens is 605 g/mol. The van der Waals surface area contributed by atoms with E-state index in [2.05, 4.69) is 98.1 Å². The van der Waals surface area contributed by atoms with E-state index in [0.29, 0.717) is 11.9 Å². The topological polar surface area (TPSA) is 71.4 Å². The number of benzene rings is 3. The van der Waals surface area contributed by atoms with Crippen LogP contribution in [0.15, 0.2) is 66.7 Å². The molecule has 2 N–H and O–H groups in total. The van der Waals surface area contributed by atoms with E-state index in [1.165, 1.54) is 11.8 Å². The Morgan fingerprint density at radius 2 is 1.53 bits per heavy atom. The van der Waals surface area contributed by atoms with Crippen molar-refractivity contribution >= 4 is 70.3 Å². The molecule has 0 aliphatic carbocycles. The third-order valence-corrected chi connectivity index (χ3v) is 8.63. The number of hydrogen-bond acceptors (Lipinski definition) is 5. The Kier molecular flexibility index (Phi) is 8.93. The molecule has 1 aliphatic rings. The lowest BCUT2D eigenvalue weighted by Crippen LogP contribution is -2.41. The van der Waals surface area contributed by atoms with Gasteiger partial charge in [0, 0.05) is 29.4 Å². The molecule has 0 amide bonds. The highest BCUT2D eigenvalue weighted by molar-refractivity contribution is 14.2. The van der Waals surface area contributed by atoms with Crippen LogP contribution in [0.1, 0.15) is 73.7 Å². The monoisotopic (exact) mass is 638 g/mol. The lowest BCUT2D eigenvalue weighted by atomic mass is 9.78. The van der Waals surface area contributed by atoms with Crippen LogP contribution in [-0.4, -0.2) is 30.8 Å². The maximum absolute atomic E-state index is 11.3. The molecule has 0 radical (unpaired) electrons. The molecule has 0 bridgehead atoms. The molecule has 5 nitrogen and oxygen atoms in total. The first-order valence-electron chi connectivity index (χ1n) is 12.7. The molecule has 0 saturated carbocycles. The van der Waals surface area contributed by atoms with E-state index in [-0.39, 0.29) is 0 Å². The average Bonchev–Trinajstić information content (AvgIpc) is 3.14. The van der Waals surface area contributed by atoms with Gasteiger partial charge in [0.05, 0.1) is 11.2 Å². The molecule has 1 unspecified atom stereocenters. The number of carbonyl (C=O) groups is 1. The van der Waals surface area contributed by atoms with Crippen molar-refractivity contribution in [2.75, 3.05) is 5.09 Å². The van der Waals surface area contributed by atoms with Gasteiger partial charge in [0.15, 0.2) is 0 Å². The summed E-state index contributed by atoms with van der Waals surface area (Å²) >= 11 is 2.29. The maximum atomic E-state index is 11.3. The van der Waals surface area contributed by atoms with Crippen LogP contribution in [0.3, 0.4) is 0 Å². The van der Waals surface area contributed by atoms with Gasteiger partial charge in [-0.3, -0.25) is 4.79 Å². The summed E-state index contributed by atoms with van der Waals surface area (Å²) in [7, 11) is -0.410. The molecule has 3 aromatic rings. The number of anilines is 1. The molecule has 8 heteroatoms. The van der Waals surface area contributed by atoms with E-state index < -0.39 is 18.3 Å². The van der Waals surface area contributed by atoms with Gasteiger partial charge in [0.2, 0.25) is 0 Å². The molecule has 0 spiro atoms. The zero-order valence-corrected chi connectivity index (χ0v) is 25.6. The fraction of sp³-hybridized carbons (Fsp3) is 0.267. The third kappa shape index (κ3) is 5.81. The summed E-state index contributed by atoms with van der Waals surface area (Å²) in [6.45, 7) is 10.4. The van der Waals surface area contributed by atoms with E-state index in [1.54, 1.807) is 0 Å². The van der Waals surface area contributed by atoms with Gasteiger partial charge in [-0.1, -0.05) is 61.5 Å². The lowest BCUT2D eigenvalue weighted by molar-refractivity contribution is 0.00578. The van der Waals surface area contributed by atoms with Crippen molar-refractivity contribution in [3.05, 3.63) is 94.5 Å². The maximum Gasteiger partial charge on any atom is 0.494 e. The zero-order chi connectivity index (χ0) is 27.5. The fourth-order valence-electron chi connectivity index (χ4n) is 4.59. The van der Waals surface area contributed by atoms with Crippen LogP contribution in [0.4, 0.5) is 5.69 Å². The number of rotatable bonds is 9. The van der Waals surface area contributed by atoms with E-state index in [9.17, 15) is 4.79 Å². The van der Waals surface area contributed by atoms with Crippen LogP contribution in [0, 0.1) is 5.41 Å². The first-order valence-corrected chi connectivity index (χ1v) is 16.8. The standard InChI is InChI=1S/C30H33BIN2O3P/c1-6-26(21-11-14-25(15-12-21)31-36-29(2,3)30(4,5)37-31)28(22-9-7-20(19-35)8-10-22)23-13-16-27(34-38-32)24(17-23)18-33/h7-19,33-34,38H,6H2,1-5H3/b28-26+,33-18?. The smallest absolute Gasteiger partial charge is 0.399 e. The van der Waals surface area contributed by atoms with Crippen molar-refractivity contribution in [1.82, 2.24) is 0 Å². The van der Waals surface area contributed by atoms with Gasteiger partial charge < -0.3 is 19.8 Å². The van der Waals surface area contributed by atoms with Crippen molar-refractivity contribution < 1.29 is 14.1 Å². The van der Waals surface area contributed by atoms with Gasteiger partial charge in [-0.25, -0.2) is 0 Å². The summed E-state index contributed by atoms with van der Waals surface area (Å²) < 4.78 is 12.5. The molecule has 1 aliphatic heterocycles. The van der Waals surface area contributed by atoms with Gasteiger partial charge in [-0.05, 0) is 102 Å². The van der Waals surface area contributed by atoms with Crippen LogP contribution >= 0.6 is 28.4 Å². The molecule has 1 heterocycles. The second kappa shape index (κ2) is 11.8. The normalized spacial score (nSPS) is 16.9. The molecule has 1 saturated heterocycles. The van der Waals surface area contributed by atoms with Crippen molar-refractivity contribution in [2.45, 2.75) is 52.2 Å². The second-order valence-corrected chi connectivity index (χ2v) is 12.4. The third-order valence-electron chi connectivity index (χ3n) is 7.45. The van der Waals surface area contributed by atoms with Crippen molar-refractivity contribution in [1.29, 1.82) is 5.41 Å². The summed E-state index contributed by atoms with van der Waals surface area (Å²) in [6.07, 6.45) is 3.57. The van der Waals surface area contributed by atoms with Crippen LogP contribution < -0.4 is 10.6 Å². The molecule has 1 fully saturated rings. The molecule has 38 heavy (non-hydrogen) atoms. The molecule has 1 atom stereocenters. The summed E-state index contributed by atoms with van der Waals surface area (Å²) in [5.41, 5.74) is 8.03. The van der Waals surface area contributed by atoms with Crippen LogP contribution in [-0.2, 0) is 9.31 Å². The largest absolute Gasteiger partial charge is 0.494 e. The highest BCUT2D eigenvalue weighted by Gasteiger charge is 2.51. The Morgan fingerprint density at radius 3 is 2.05 bits per heavy atom. The minimum atomic E-state index is -0.410. The van der Waals surface area contributed by atoms with Gasteiger partial charge in [-0.15, -0.1) is 0 Å². The summed E-state index contributed by atoms with van der Waals surface area (Å²) in [6, 6.07) is 22.3. The second-order valence-electron chi connectivity index (χ2n) is 10.3. The Labute approximate surface area is 240 Å². The van der Waals surface area contributed by atoms with Crippen molar-refractivity contribution in [3.63, 3.8) is 0 Å². The van der Waals surface area contributed by atoms with E-state index in [0.717, 1.165) is 51.7 Å². The lowest BCUT2D eigenvalue weighted by Gasteiger charge is -2.32. The zero-order valence-electron chi connectivity index (χ0n) is 22.4. The summed E-state index contributed by atoms with van der Waals surface area (Å²) in [4.78, 5) is 11.3. The number of aldehydes is 1. The van der Waals surface area contributed by atoms with Crippen LogP contribution in [0.5, 0.6) is 0 Å². The van der Waals surface area contributed by atoms with Gasteiger partial charge in [0.25, 0.3) is 0 Å². The highest BCUT2D eigenvalue weighted by atomic mass is 127. The molecule has 0 aromatic heterocycles. The number of nitrogens with one attached hydrogen (secondary N) is 2. The minimum Gasteiger partial charge on any atom is -0.399 e. The Balaban J connectivity index is 1.82. The Morgan fingerprint density at radius 1 is 0.947 bits per heavy atom. The predicted molar refractivity (Wildman–Crippen MR) is 170 cm³/mol. The number of carbonyl (C=O) groups excluding carboxylic acids is 1. The number of hydrogen-bond donors (Lipinski definition) is 2. The summed E-state index contributed by atoms with van der Waals surface area (Å²) in [5, 5.41) is 11.3. The van der Waals surface area contributed by atoms with E-state index >= 15 is 0 Å². The van der Waals surface area contributed by atoms with Gasteiger partial charge >= 0.3 is 7.12 Å². The Hall–Kier alpha value is -2.32. The number of halogens is 1. The van der Waals surface area contributed by atoms with Crippen molar-refractivity contribution in [2.24, 2.45) is 0 Å². The van der Waals surface area contributed by atoms with E-state index in [1.807, 2.05) is 30.3 Å². The first-order chi connectivity index (χ1) is 18.1. The highest BCUT2D eigenvalue weighted by Crippen LogP contribution is 2.38. The summed E-state index contributed by atoms with van der Waals surface area (Å²) in [5.74, 6) is 0. The quantitative estimate of drug-likeness (QED) is 0.0636. The molecular formula is C30H33BIN2O3P. The SMILES string of the molecule is CC/C(=C(/c1ccc(C=O)cc1)c1ccc(NPI)c(C=N)c1)c1ccc(B2OC(C)(C)C(C)(C)O2)cc1. The van der Waals surface area contributed by atoms with Crippen LogP contribution in [0.25, 0.3) is 11.1 Å². The van der Waals surface area contributed by atoms with E-state index in [4.69, 9.17) is 14.7 Å². The number of allylic oxidation sites excluding steroid dienone is 1. The Bertz CT molecular complexity index is 1340. The van der Waals surface area contributed by atoms with Gasteiger partial charge in [0.1, 0.15) is 6.29 Å². The average molecular weight is 638 g/mol. The predicted octanol–water partition coefficient (Wildman–Crippen LogP) is 7.52. The molecule has 196 valence electrons. The fourth-order valence-corrected chi connectivity index (χ4v) is 5.79. The van der Waals surface area contributed by atoms with Crippen LogP contribution in [0.2, 0.25) is 0 Å².